The van der Waals surface area contributed by atoms with E-state index in [0.717, 1.165) is 31.8 Å². The van der Waals surface area contributed by atoms with Crippen molar-refractivity contribution in [2.24, 2.45) is 0 Å². The molecule has 0 aliphatic heterocycles. The molecule has 0 saturated heterocycles. The van der Waals surface area contributed by atoms with Gasteiger partial charge in [0.1, 0.15) is 0 Å². The Bertz CT molecular complexity index is 983. The van der Waals surface area contributed by atoms with E-state index < -0.39 is 0 Å². The Balaban J connectivity index is 1.87. The summed E-state index contributed by atoms with van der Waals surface area (Å²) in [6.07, 6.45) is 3.47. The Morgan fingerprint density at radius 2 is 2.13 bits per heavy atom. The lowest BCUT2D eigenvalue weighted by Crippen LogP contribution is -1.90. The van der Waals surface area contributed by atoms with Gasteiger partial charge in [-0.1, -0.05) is 11.6 Å². The smallest absolute Gasteiger partial charge is 0.188 e. The number of hydrogen-bond donors (Lipinski definition) is 2. The van der Waals surface area contributed by atoms with E-state index in [1.807, 2.05) is 29.6 Å². The van der Waals surface area contributed by atoms with Crippen LogP contribution in [-0.4, -0.2) is 20.2 Å². The molecule has 23 heavy (non-hydrogen) atoms. The molecular formula is C15H9BrClN5S. The van der Waals surface area contributed by atoms with Gasteiger partial charge in [0.25, 0.3) is 0 Å². The van der Waals surface area contributed by atoms with Gasteiger partial charge < -0.3 is 5.32 Å². The molecule has 0 bridgehead atoms. The lowest BCUT2D eigenvalue weighted by molar-refractivity contribution is 1.12. The van der Waals surface area contributed by atoms with Gasteiger partial charge in [0, 0.05) is 33.2 Å². The summed E-state index contributed by atoms with van der Waals surface area (Å²) in [5, 5.41) is 14.8. The van der Waals surface area contributed by atoms with Crippen molar-refractivity contribution in [1.29, 1.82) is 0 Å². The average molecular weight is 407 g/mol. The first-order chi connectivity index (χ1) is 11.2. The van der Waals surface area contributed by atoms with Crippen molar-refractivity contribution in [2.45, 2.75) is 0 Å². The lowest BCUT2D eigenvalue weighted by atomic mass is 10.1. The topological polar surface area (TPSA) is 66.5 Å². The van der Waals surface area contributed by atoms with Crippen LogP contribution in [0.5, 0.6) is 0 Å². The average Bonchev–Trinajstić information content (AvgIpc) is 3.19. The molecule has 0 aliphatic rings. The standard InChI is InChI=1S/C15H9BrClN5S/c16-10-7-8(12-11(17)2-1-3-18-12)6-9-13(10)21-22-14(9)20-15-19-4-5-23-15/h1-7H,(H2,19,20,21,22). The number of hydrogen-bond acceptors (Lipinski definition) is 5. The number of fused-ring (bicyclic) bond motifs is 1. The highest BCUT2D eigenvalue weighted by atomic mass is 79.9. The van der Waals surface area contributed by atoms with Crippen LogP contribution in [0, 0.1) is 0 Å². The minimum Gasteiger partial charge on any atom is -0.314 e. The summed E-state index contributed by atoms with van der Waals surface area (Å²) in [5.74, 6) is 0.713. The number of pyridine rings is 1. The van der Waals surface area contributed by atoms with E-state index in [4.69, 9.17) is 11.6 Å². The molecule has 0 atom stereocenters. The van der Waals surface area contributed by atoms with E-state index >= 15 is 0 Å². The van der Waals surface area contributed by atoms with Gasteiger partial charge in [0.05, 0.1) is 16.2 Å². The maximum absolute atomic E-state index is 6.27. The van der Waals surface area contributed by atoms with Gasteiger partial charge in [-0.2, -0.15) is 5.10 Å². The molecule has 114 valence electrons. The number of rotatable bonds is 3. The Hall–Kier alpha value is -1.96. The summed E-state index contributed by atoms with van der Waals surface area (Å²) in [5.41, 5.74) is 2.55. The Labute approximate surface area is 148 Å². The maximum atomic E-state index is 6.27. The number of aromatic amines is 1. The number of nitrogens with one attached hydrogen (secondary N) is 2. The molecule has 0 unspecified atom stereocenters. The SMILES string of the molecule is Clc1cccnc1-c1cc(Br)c2[nH]nc(Nc3nccs3)c2c1. The van der Waals surface area contributed by atoms with Crippen LogP contribution in [0.2, 0.25) is 5.02 Å². The number of halogens is 2. The first-order valence-electron chi connectivity index (χ1n) is 6.67. The van der Waals surface area contributed by atoms with Crippen LogP contribution in [0.15, 0.2) is 46.5 Å². The zero-order valence-electron chi connectivity index (χ0n) is 11.5. The number of anilines is 2. The summed E-state index contributed by atoms with van der Waals surface area (Å²) in [6, 6.07) is 7.62. The third-order valence-corrected chi connectivity index (χ3v) is 4.93. The maximum Gasteiger partial charge on any atom is 0.188 e. The van der Waals surface area contributed by atoms with Gasteiger partial charge in [0.2, 0.25) is 0 Å². The fraction of sp³-hybridized carbons (Fsp3) is 0. The number of thiazole rings is 1. The van der Waals surface area contributed by atoms with E-state index in [-0.39, 0.29) is 0 Å². The summed E-state index contributed by atoms with van der Waals surface area (Å²) < 4.78 is 0.895. The summed E-state index contributed by atoms with van der Waals surface area (Å²) >= 11 is 11.4. The Morgan fingerprint density at radius 3 is 2.91 bits per heavy atom. The number of benzene rings is 1. The molecular weight excluding hydrogens is 398 g/mol. The third kappa shape index (κ3) is 2.71. The zero-order valence-corrected chi connectivity index (χ0v) is 14.7. The van der Waals surface area contributed by atoms with E-state index in [9.17, 15) is 0 Å². The minimum atomic E-state index is 0.608. The lowest BCUT2D eigenvalue weighted by Gasteiger charge is -2.06. The molecule has 0 spiro atoms. The highest BCUT2D eigenvalue weighted by Crippen LogP contribution is 2.35. The summed E-state index contributed by atoms with van der Waals surface area (Å²) in [6.45, 7) is 0. The number of nitrogens with zero attached hydrogens (tertiary/aromatic N) is 3. The van der Waals surface area contributed by atoms with Crippen molar-refractivity contribution in [2.75, 3.05) is 5.32 Å². The molecule has 0 fully saturated rings. The molecule has 1 aromatic carbocycles. The van der Waals surface area contributed by atoms with Crippen LogP contribution in [-0.2, 0) is 0 Å². The second-order valence-corrected chi connectivity index (χ2v) is 6.91. The van der Waals surface area contributed by atoms with E-state index in [1.165, 1.54) is 11.3 Å². The molecule has 3 heterocycles. The number of aromatic nitrogens is 4. The largest absolute Gasteiger partial charge is 0.314 e. The van der Waals surface area contributed by atoms with Gasteiger partial charge in [-0.3, -0.25) is 10.1 Å². The predicted octanol–water partition coefficient (Wildman–Crippen LogP) is 5.24. The van der Waals surface area contributed by atoms with Crippen LogP contribution in [0.1, 0.15) is 0 Å². The zero-order chi connectivity index (χ0) is 15.8. The van der Waals surface area contributed by atoms with E-state index in [2.05, 4.69) is 41.4 Å². The van der Waals surface area contributed by atoms with Crippen LogP contribution in [0.25, 0.3) is 22.2 Å². The molecule has 2 N–H and O–H groups in total. The quantitative estimate of drug-likeness (QED) is 0.488. The molecule has 0 radical (unpaired) electrons. The number of H-pyrrole nitrogens is 1. The van der Waals surface area contributed by atoms with Gasteiger partial charge in [0.15, 0.2) is 10.9 Å². The second kappa shape index (κ2) is 5.92. The molecule has 4 aromatic rings. The van der Waals surface area contributed by atoms with Crippen LogP contribution in [0.4, 0.5) is 10.9 Å². The highest BCUT2D eigenvalue weighted by molar-refractivity contribution is 9.10. The monoisotopic (exact) mass is 405 g/mol. The third-order valence-electron chi connectivity index (χ3n) is 3.31. The highest BCUT2D eigenvalue weighted by Gasteiger charge is 2.14. The molecule has 4 rings (SSSR count). The first-order valence-corrected chi connectivity index (χ1v) is 8.72. The van der Waals surface area contributed by atoms with Crippen molar-refractivity contribution < 1.29 is 0 Å². The Morgan fingerprint density at radius 1 is 1.22 bits per heavy atom. The van der Waals surface area contributed by atoms with Crippen molar-refractivity contribution >= 4 is 60.7 Å². The normalized spacial score (nSPS) is 11.0. The molecule has 5 nitrogen and oxygen atoms in total. The summed E-state index contributed by atoms with van der Waals surface area (Å²) in [4.78, 5) is 8.60. The van der Waals surface area contributed by atoms with Gasteiger partial charge in [-0.25, -0.2) is 4.98 Å². The van der Waals surface area contributed by atoms with Crippen LogP contribution in [0.3, 0.4) is 0 Å². The van der Waals surface area contributed by atoms with E-state index in [0.29, 0.717) is 10.8 Å². The Kier molecular flexibility index (Phi) is 3.76. The first kappa shape index (κ1) is 14.6. The molecule has 8 heteroatoms. The molecule has 3 aromatic heterocycles. The van der Waals surface area contributed by atoms with Crippen molar-refractivity contribution in [3.05, 3.63) is 51.5 Å². The van der Waals surface area contributed by atoms with Crippen molar-refractivity contribution in [1.82, 2.24) is 20.2 Å². The molecule has 0 amide bonds. The summed E-state index contributed by atoms with van der Waals surface area (Å²) in [7, 11) is 0. The van der Waals surface area contributed by atoms with Crippen LogP contribution < -0.4 is 5.32 Å². The predicted molar refractivity (Wildman–Crippen MR) is 97.4 cm³/mol. The van der Waals surface area contributed by atoms with Gasteiger partial charge in [-0.15, -0.1) is 11.3 Å². The molecule has 0 aliphatic carbocycles. The second-order valence-electron chi connectivity index (χ2n) is 4.75. The van der Waals surface area contributed by atoms with Crippen LogP contribution >= 0.6 is 38.9 Å². The van der Waals surface area contributed by atoms with Gasteiger partial charge in [-0.05, 0) is 40.2 Å². The molecule has 0 saturated carbocycles. The fourth-order valence-corrected chi connectivity index (χ4v) is 3.60. The van der Waals surface area contributed by atoms with Crippen molar-refractivity contribution in [3.8, 4) is 11.3 Å². The fourth-order valence-electron chi connectivity index (χ4n) is 2.30. The van der Waals surface area contributed by atoms with Crippen molar-refractivity contribution in [3.63, 3.8) is 0 Å². The van der Waals surface area contributed by atoms with Gasteiger partial charge >= 0.3 is 0 Å². The van der Waals surface area contributed by atoms with E-state index in [1.54, 1.807) is 12.4 Å². The minimum absolute atomic E-state index is 0.608.